The molecule has 1 aromatic carbocycles. The van der Waals surface area contributed by atoms with Gasteiger partial charge < -0.3 is 14.4 Å². The van der Waals surface area contributed by atoms with Gasteiger partial charge in [-0.15, -0.1) is 17.8 Å². The van der Waals surface area contributed by atoms with Gasteiger partial charge in [0.05, 0.1) is 12.2 Å². The number of amides is 2. The van der Waals surface area contributed by atoms with Crippen LogP contribution in [0.2, 0.25) is 0 Å². The number of alkyl halides is 6. The maximum absolute atomic E-state index is 13.7. The van der Waals surface area contributed by atoms with Gasteiger partial charge in [0.15, 0.2) is 5.01 Å². The molecule has 1 atom stereocenters. The Labute approximate surface area is 205 Å². The Bertz CT molecular complexity index is 1160. The lowest BCUT2D eigenvalue weighted by Crippen LogP contribution is -2.47. The molecule has 194 valence electrons. The lowest BCUT2D eigenvalue weighted by atomic mass is 10.1. The highest BCUT2D eigenvalue weighted by Gasteiger charge is 2.44. The summed E-state index contributed by atoms with van der Waals surface area (Å²) in [7, 11) is 1.36. The maximum Gasteiger partial charge on any atom is 0.416 e. The molecule has 0 radical (unpaired) electrons. The Morgan fingerprint density at radius 3 is 2.56 bits per heavy atom. The molecule has 14 heteroatoms. The van der Waals surface area contributed by atoms with E-state index in [9.17, 15) is 35.9 Å². The number of rotatable bonds is 8. The molecule has 1 saturated heterocycles. The summed E-state index contributed by atoms with van der Waals surface area (Å²) in [6, 6.07) is 0.908. The Hall–Kier alpha value is -3.31. The summed E-state index contributed by atoms with van der Waals surface area (Å²) in [6.45, 7) is -1.98. The molecule has 36 heavy (non-hydrogen) atoms. The second-order valence-corrected chi connectivity index (χ2v) is 8.45. The molecule has 1 aliphatic rings. The average molecular weight is 535 g/mol. The summed E-state index contributed by atoms with van der Waals surface area (Å²) >= 11 is 0.909. The number of anilines is 1. The number of hydrogen-bond acceptors (Lipinski definition) is 6. The van der Waals surface area contributed by atoms with E-state index in [-0.39, 0.29) is 42.6 Å². The highest BCUT2D eigenvalue weighted by Crippen LogP contribution is 2.37. The van der Waals surface area contributed by atoms with Gasteiger partial charge in [0.1, 0.15) is 30.6 Å². The normalized spacial score (nSPS) is 16.2. The van der Waals surface area contributed by atoms with Gasteiger partial charge in [-0.25, -0.2) is 4.98 Å². The van der Waals surface area contributed by atoms with Crippen LogP contribution in [-0.4, -0.2) is 67.3 Å². The highest BCUT2D eigenvalue weighted by atomic mass is 32.1. The first kappa shape index (κ1) is 27.3. The quantitative estimate of drug-likeness (QED) is 0.291. The number of benzene rings is 1. The number of hydrogen-bond donors (Lipinski definition) is 0. The maximum atomic E-state index is 13.7. The molecule has 2 heterocycles. The minimum absolute atomic E-state index is 0.0510. The van der Waals surface area contributed by atoms with Crippen LogP contribution in [0.3, 0.4) is 0 Å². The Morgan fingerprint density at radius 1 is 1.25 bits per heavy atom. The van der Waals surface area contributed by atoms with Crippen LogP contribution in [0.15, 0.2) is 23.6 Å². The number of likely N-dealkylation sites (tertiary alicyclic amines) is 1. The Kier molecular flexibility index (Phi) is 8.15. The topological polar surface area (TPSA) is 72.0 Å². The van der Waals surface area contributed by atoms with E-state index in [2.05, 4.69) is 10.9 Å². The highest BCUT2D eigenvalue weighted by molar-refractivity contribution is 7.10. The monoisotopic (exact) mass is 535 g/mol. The summed E-state index contributed by atoms with van der Waals surface area (Å²) < 4.78 is 89.9. The van der Waals surface area contributed by atoms with Crippen molar-refractivity contribution in [2.24, 2.45) is 0 Å². The van der Waals surface area contributed by atoms with Crippen molar-refractivity contribution < 1.29 is 45.4 Å². The number of nitrogens with zero attached hydrogens (tertiary/aromatic N) is 3. The number of carbonyl (C=O) groups is 2. The molecule has 1 aliphatic heterocycles. The van der Waals surface area contributed by atoms with Crippen molar-refractivity contribution in [3.05, 3.63) is 39.8 Å². The van der Waals surface area contributed by atoms with Crippen LogP contribution in [0.4, 0.5) is 32.0 Å². The van der Waals surface area contributed by atoms with Crippen LogP contribution < -0.4 is 9.64 Å². The number of halogens is 6. The van der Waals surface area contributed by atoms with Crippen LogP contribution >= 0.6 is 11.3 Å². The van der Waals surface area contributed by atoms with Gasteiger partial charge in [-0.05, 0) is 24.5 Å². The number of thiazole rings is 1. The largest absolute Gasteiger partial charge is 0.491 e. The smallest absolute Gasteiger partial charge is 0.416 e. The van der Waals surface area contributed by atoms with Crippen LogP contribution in [0.5, 0.6) is 5.75 Å². The SMILES string of the molecule is C#Cc1nc(C(=O)N(c2cc(OCCOC)cc(C(F)(F)F)c2)C2CCN(CC(F)(F)F)C2=O)cs1. The van der Waals surface area contributed by atoms with E-state index < -0.39 is 48.0 Å². The predicted molar refractivity (Wildman–Crippen MR) is 117 cm³/mol. The molecule has 1 fully saturated rings. The van der Waals surface area contributed by atoms with Gasteiger partial charge in [-0.1, -0.05) is 0 Å². The van der Waals surface area contributed by atoms with Crippen molar-refractivity contribution >= 4 is 28.8 Å². The van der Waals surface area contributed by atoms with Gasteiger partial charge in [0, 0.05) is 30.8 Å². The molecule has 3 rings (SSSR count). The van der Waals surface area contributed by atoms with Crippen molar-refractivity contribution in [3.63, 3.8) is 0 Å². The zero-order valence-electron chi connectivity index (χ0n) is 18.7. The fraction of sp³-hybridized carbons (Fsp3) is 0.409. The second-order valence-electron chi connectivity index (χ2n) is 7.59. The third-order valence-corrected chi connectivity index (χ3v) is 5.84. The van der Waals surface area contributed by atoms with E-state index in [1.54, 1.807) is 0 Å². The third-order valence-electron chi connectivity index (χ3n) is 5.07. The third kappa shape index (κ3) is 6.46. The summed E-state index contributed by atoms with van der Waals surface area (Å²) in [4.78, 5) is 31.4. The van der Waals surface area contributed by atoms with Crippen molar-refractivity contribution in [2.45, 2.75) is 24.8 Å². The Morgan fingerprint density at radius 2 is 1.97 bits per heavy atom. The van der Waals surface area contributed by atoms with E-state index in [0.29, 0.717) is 21.9 Å². The van der Waals surface area contributed by atoms with Crippen molar-refractivity contribution in [3.8, 4) is 18.1 Å². The van der Waals surface area contributed by atoms with E-state index in [1.807, 2.05) is 0 Å². The second kappa shape index (κ2) is 10.8. The molecular formula is C22H19F6N3O4S. The first-order chi connectivity index (χ1) is 16.8. The number of carbonyl (C=O) groups excluding carboxylic acids is 2. The van der Waals surface area contributed by atoms with E-state index >= 15 is 0 Å². The first-order valence-corrected chi connectivity index (χ1v) is 11.2. The summed E-state index contributed by atoms with van der Waals surface area (Å²) in [6.07, 6.45) is -4.53. The molecule has 1 aromatic heterocycles. The van der Waals surface area contributed by atoms with Crippen LogP contribution in [-0.2, 0) is 15.7 Å². The standard InChI is InChI=1S/C22H19F6N3O4S/c1-3-18-29-16(11-36-18)19(32)31(17-4-5-30(20(17)33)12-21(23,24)25)14-8-13(22(26,27)28)9-15(10-14)35-7-6-34-2/h1,8-11,17H,4-7,12H2,2H3. The van der Waals surface area contributed by atoms with Crippen LogP contribution in [0.25, 0.3) is 0 Å². The number of aromatic nitrogens is 1. The van der Waals surface area contributed by atoms with Gasteiger partial charge in [0.25, 0.3) is 5.91 Å². The van der Waals surface area contributed by atoms with Crippen molar-refractivity contribution in [2.75, 3.05) is 38.3 Å². The lowest BCUT2D eigenvalue weighted by molar-refractivity contribution is -0.157. The van der Waals surface area contributed by atoms with Crippen LogP contribution in [0, 0.1) is 12.3 Å². The van der Waals surface area contributed by atoms with Gasteiger partial charge >= 0.3 is 12.4 Å². The minimum Gasteiger partial charge on any atom is -0.491 e. The summed E-state index contributed by atoms with van der Waals surface area (Å²) in [5.74, 6) is -0.128. The molecule has 0 saturated carbocycles. The van der Waals surface area contributed by atoms with E-state index in [4.69, 9.17) is 15.9 Å². The summed E-state index contributed by atoms with van der Waals surface area (Å²) in [5, 5.41) is 1.35. The number of terminal acetylenes is 1. The van der Waals surface area contributed by atoms with E-state index in [0.717, 1.165) is 17.4 Å². The molecular weight excluding hydrogens is 516 g/mol. The van der Waals surface area contributed by atoms with Gasteiger partial charge in [0.2, 0.25) is 5.91 Å². The molecule has 0 N–H and O–H groups in total. The van der Waals surface area contributed by atoms with Crippen molar-refractivity contribution in [1.82, 2.24) is 9.88 Å². The first-order valence-electron chi connectivity index (χ1n) is 10.3. The number of methoxy groups -OCH3 is 1. The fourth-order valence-electron chi connectivity index (χ4n) is 3.55. The summed E-state index contributed by atoms with van der Waals surface area (Å²) in [5.41, 5.74) is -1.86. The molecule has 0 spiro atoms. The molecule has 0 aliphatic carbocycles. The van der Waals surface area contributed by atoms with Gasteiger partial charge in [-0.2, -0.15) is 26.3 Å². The zero-order chi connectivity index (χ0) is 26.7. The minimum atomic E-state index is -4.86. The molecule has 2 aromatic rings. The molecule has 7 nitrogen and oxygen atoms in total. The van der Waals surface area contributed by atoms with Crippen molar-refractivity contribution in [1.29, 1.82) is 0 Å². The van der Waals surface area contributed by atoms with Gasteiger partial charge in [-0.3, -0.25) is 14.5 Å². The van der Waals surface area contributed by atoms with Crippen LogP contribution in [0.1, 0.15) is 27.5 Å². The number of ether oxygens (including phenoxy) is 2. The fourth-order valence-corrected chi connectivity index (χ4v) is 4.14. The lowest BCUT2D eigenvalue weighted by Gasteiger charge is -2.29. The van der Waals surface area contributed by atoms with E-state index in [1.165, 1.54) is 12.5 Å². The predicted octanol–water partition coefficient (Wildman–Crippen LogP) is 3.98. The zero-order valence-corrected chi connectivity index (χ0v) is 19.5. The molecule has 0 bridgehead atoms. The Balaban J connectivity index is 2.09. The molecule has 2 amide bonds. The molecule has 1 unspecified atom stereocenters. The average Bonchev–Trinajstić information content (AvgIpc) is 3.40.